The number of methoxy groups -OCH3 is 1. The Bertz CT molecular complexity index is 3600. The van der Waals surface area contributed by atoms with E-state index in [0.717, 1.165) is 17.1 Å². The number of unbranched alkanes of at least 4 members (excludes halogenated alkanes) is 1. The number of hydrogen-bond acceptors (Lipinski definition) is 24. The van der Waals surface area contributed by atoms with Gasteiger partial charge in [0.25, 0.3) is 17.4 Å². The van der Waals surface area contributed by atoms with Crippen LogP contribution in [0, 0.1) is 12.7 Å². The van der Waals surface area contributed by atoms with Crippen molar-refractivity contribution >= 4 is 70.2 Å². The number of halogens is 1. The third-order valence-electron chi connectivity index (χ3n) is 17.9. The Kier molecular flexibility index (Phi) is 35.2. The maximum atomic E-state index is 15.5. The van der Waals surface area contributed by atoms with Gasteiger partial charge in [0.1, 0.15) is 43.2 Å². The molecule has 7 rings (SSSR count). The number of carbonyl (C=O) groups excluding carboxylic acids is 10. The maximum Gasteiger partial charge on any atom is 0.343 e. The number of aliphatic hydroxyl groups is 1. The molecule has 3 aromatic rings. The van der Waals surface area contributed by atoms with Gasteiger partial charge in [0, 0.05) is 74.4 Å². The third-order valence-corrected chi connectivity index (χ3v) is 17.9. The number of carbonyl (C=O) groups is 10. The normalized spacial score (nSPS) is 16.7. The topological polar surface area (TPSA) is 427 Å². The summed E-state index contributed by atoms with van der Waals surface area (Å²) in [5.41, 5.74) is 1.07. The van der Waals surface area contributed by atoms with E-state index < -0.39 is 101 Å². The number of benzene rings is 1. The van der Waals surface area contributed by atoms with Crippen LogP contribution in [-0.4, -0.2) is 262 Å². The molecule has 0 radical (unpaired) electrons. The van der Waals surface area contributed by atoms with Gasteiger partial charge in [0.15, 0.2) is 5.60 Å². The zero-order valence-electron chi connectivity index (χ0n) is 61.2. The van der Waals surface area contributed by atoms with Crippen molar-refractivity contribution in [2.75, 3.05) is 159 Å². The van der Waals surface area contributed by atoms with Crippen molar-refractivity contribution in [3.8, 4) is 11.4 Å². The van der Waals surface area contributed by atoms with Crippen LogP contribution >= 0.6 is 0 Å². The summed E-state index contributed by atoms with van der Waals surface area (Å²) in [5.74, 6) is -6.20. The van der Waals surface area contributed by atoms with Gasteiger partial charge in [0.2, 0.25) is 35.4 Å². The van der Waals surface area contributed by atoms with Gasteiger partial charge in [-0.2, -0.15) is 0 Å². The SMILES string of the molecule is CC[C@]1(O)C(=O)OCc2c1cc1n(c2=O)Cc2c-1nc1cc(F)c(C)c3c1c2[C@@H](NC(=O)NCCNC(=O)[C@@H](C)NC(=O)[C@@H](C)NC(=O)[C@@H](C)NC(=O)[C@@H](CCCCNC(=O)COCCOCCOCCOCCOCCOCCOCCOCCOCCOC)NC(=O)CCCN1C(=O)C=CC1=O)CC3. The first-order valence-corrected chi connectivity index (χ1v) is 35.9. The van der Waals surface area contributed by atoms with Gasteiger partial charge >= 0.3 is 12.0 Å². The second kappa shape index (κ2) is 44.0. The van der Waals surface area contributed by atoms with Crippen LogP contribution in [0.3, 0.4) is 0 Å². The van der Waals surface area contributed by atoms with Gasteiger partial charge in [-0.15, -0.1) is 0 Å². The average Bonchev–Trinajstić information content (AvgIpc) is 1.50. The fourth-order valence-electron chi connectivity index (χ4n) is 12.0. The zero-order valence-corrected chi connectivity index (χ0v) is 61.2. The number of fused-ring (bicyclic) bond motifs is 5. The number of rotatable bonds is 51. The molecule has 10 amide bonds. The second-order valence-corrected chi connectivity index (χ2v) is 25.5. The van der Waals surface area contributed by atoms with Crippen molar-refractivity contribution in [1.29, 1.82) is 0 Å². The first kappa shape index (κ1) is 84.8. The van der Waals surface area contributed by atoms with Crippen LogP contribution in [0.1, 0.15) is 112 Å². The summed E-state index contributed by atoms with van der Waals surface area (Å²) in [5, 5.41) is 33.4. The fraction of sp³-hybridized carbons (Fsp3) is 0.634. The molecule has 6 atom stereocenters. The van der Waals surface area contributed by atoms with Crippen LogP contribution in [0.15, 0.2) is 29.1 Å². The molecule has 106 heavy (non-hydrogen) atoms. The molecule has 1 aromatic carbocycles. The lowest BCUT2D eigenvalue weighted by Crippen LogP contribution is -2.56. The molecular weight excluding hydrogens is 1390 g/mol. The molecule has 4 aliphatic rings. The molecule has 0 unspecified atom stereocenters. The van der Waals surface area contributed by atoms with Crippen molar-refractivity contribution in [2.24, 2.45) is 0 Å². The predicted molar refractivity (Wildman–Crippen MR) is 376 cm³/mol. The highest BCUT2D eigenvalue weighted by atomic mass is 19.1. The lowest BCUT2D eigenvalue weighted by atomic mass is 9.81. The Morgan fingerprint density at radius 3 is 1.72 bits per heavy atom. The number of nitrogens with zero attached hydrogens (tertiary/aromatic N) is 3. The minimum Gasteiger partial charge on any atom is -0.458 e. The Morgan fingerprint density at radius 2 is 1.16 bits per heavy atom. The van der Waals surface area contributed by atoms with E-state index in [1.54, 1.807) is 27.0 Å². The van der Waals surface area contributed by atoms with E-state index >= 15 is 4.39 Å². The molecule has 0 fully saturated rings. The predicted octanol–water partition coefficient (Wildman–Crippen LogP) is -0.284. The van der Waals surface area contributed by atoms with Gasteiger partial charge in [0.05, 0.1) is 154 Å². The van der Waals surface area contributed by atoms with Crippen LogP contribution in [0.4, 0.5) is 9.18 Å². The smallest absolute Gasteiger partial charge is 0.343 e. The molecule has 35 heteroatoms. The van der Waals surface area contributed by atoms with Crippen LogP contribution in [0.2, 0.25) is 0 Å². The minimum atomic E-state index is -2.07. The minimum absolute atomic E-state index is 0.0314. The summed E-state index contributed by atoms with van der Waals surface area (Å²) < 4.78 is 76.2. The summed E-state index contributed by atoms with van der Waals surface area (Å²) in [7, 11) is 1.62. The number of aromatic nitrogens is 2. The number of amides is 10. The van der Waals surface area contributed by atoms with Crippen LogP contribution in [0.5, 0.6) is 0 Å². The van der Waals surface area contributed by atoms with Crippen molar-refractivity contribution < 1.29 is 110 Å². The highest BCUT2D eigenvalue weighted by molar-refractivity contribution is 6.13. The highest BCUT2D eigenvalue weighted by Crippen LogP contribution is 2.46. The number of pyridine rings is 2. The number of hydrogen-bond donors (Lipinski definition) is 9. The molecule has 586 valence electrons. The number of cyclic esters (lactones) is 1. The summed E-state index contributed by atoms with van der Waals surface area (Å²) in [6.45, 7) is 14.4. The standard InChI is InChI=1S/C71H102FN11O23/c1-7-71(95)51-39-56-63-49(41-83(56)68(92)50(51)42-106-69(71)93)62-53(14-13-48-44(2)52(72)40-55(80-63)61(48)62)81-70(94)75-19-18-74-64(88)45(3)76-65(89)46(4)77-66(90)47(5)78-67(91)54(79-57(84)12-10-20-82-59(86)15-16-60(82)87)11-8-9-17-73-58(85)43-105-38-37-104-36-35-103-34-33-102-32-31-101-30-29-100-28-27-99-26-25-98-24-23-97-22-21-96-6/h15-16,39-40,45-47,53-54,95H,7-14,17-38,41-43H2,1-6H3,(H,73,85)(H,74,88)(H,76,89)(H,77,90)(H,78,91)(H,79,84)(H2,75,81,94)/t45-,46-,47-,53+,54-,71-/m1/s1. The van der Waals surface area contributed by atoms with Gasteiger partial charge in [-0.25, -0.2) is 19.0 Å². The molecule has 0 spiro atoms. The number of urea groups is 1. The van der Waals surface area contributed by atoms with E-state index in [0.29, 0.717) is 176 Å². The van der Waals surface area contributed by atoms with Crippen LogP contribution in [0.25, 0.3) is 22.3 Å². The molecule has 1 aliphatic carbocycles. The first-order chi connectivity index (χ1) is 51.1. The summed E-state index contributed by atoms with van der Waals surface area (Å²) in [6.07, 6.45) is 3.68. The van der Waals surface area contributed by atoms with Crippen LogP contribution < -0.4 is 48.1 Å². The number of nitrogens with one attached hydrogen (secondary N) is 8. The lowest BCUT2D eigenvalue weighted by molar-refractivity contribution is -0.172. The van der Waals surface area contributed by atoms with Gasteiger partial charge in [-0.05, 0) is 95.4 Å². The lowest BCUT2D eigenvalue weighted by Gasteiger charge is -2.31. The quantitative estimate of drug-likeness (QED) is 0.0156. The van der Waals surface area contributed by atoms with E-state index in [1.807, 2.05) is 0 Å². The fourth-order valence-corrected chi connectivity index (χ4v) is 12.0. The van der Waals surface area contributed by atoms with Crippen molar-refractivity contribution in [2.45, 2.75) is 135 Å². The zero-order chi connectivity index (χ0) is 76.5. The Hall–Kier alpha value is -8.49. The molecule has 0 bridgehead atoms. The largest absolute Gasteiger partial charge is 0.458 e. The van der Waals surface area contributed by atoms with E-state index in [2.05, 4.69) is 42.5 Å². The Balaban J connectivity index is 0.750. The highest BCUT2D eigenvalue weighted by Gasteiger charge is 2.46. The number of aryl methyl sites for hydroxylation is 1. The Morgan fingerprint density at radius 1 is 0.632 bits per heavy atom. The number of ether oxygens (including phenoxy) is 11. The molecule has 0 saturated carbocycles. The number of esters is 1. The molecule has 0 saturated heterocycles. The molecule has 2 aromatic heterocycles. The monoisotopic (exact) mass is 1500 g/mol. The maximum absolute atomic E-state index is 15.5. The summed E-state index contributed by atoms with van der Waals surface area (Å²) >= 11 is 0. The van der Waals surface area contributed by atoms with E-state index in [1.165, 1.54) is 31.4 Å². The van der Waals surface area contributed by atoms with Crippen molar-refractivity contribution in [3.05, 3.63) is 73.8 Å². The summed E-state index contributed by atoms with van der Waals surface area (Å²) in [4.78, 5) is 150. The summed E-state index contributed by atoms with van der Waals surface area (Å²) in [6, 6.07) is -3.10. The molecule has 5 heterocycles. The van der Waals surface area contributed by atoms with Crippen molar-refractivity contribution in [3.63, 3.8) is 0 Å². The number of imide groups is 1. The second-order valence-electron chi connectivity index (χ2n) is 25.5. The molecule has 3 aliphatic heterocycles. The van der Waals surface area contributed by atoms with Gasteiger partial charge < -0.3 is 104 Å². The van der Waals surface area contributed by atoms with Gasteiger partial charge in [-0.3, -0.25) is 48.1 Å². The Labute approximate surface area is 613 Å². The van der Waals surface area contributed by atoms with Crippen molar-refractivity contribution in [1.82, 2.24) is 57.0 Å². The van der Waals surface area contributed by atoms with Gasteiger partial charge in [-0.1, -0.05) is 6.92 Å². The average molecular weight is 1500 g/mol. The van der Waals surface area contributed by atoms with E-state index in [9.17, 15) is 57.8 Å². The third kappa shape index (κ3) is 25.1. The molecular formula is C71H102FN11O23. The van der Waals surface area contributed by atoms with E-state index in [4.69, 9.17) is 57.1 Å². The molecule has 9 N–H and O–H groups in total. The molecule has 34 nitrogen and oxygen atoms in total. The van der Waals surface area contributed by atoms with Crippen LogP contribution in [-0.2, 0) is 120 Å². The first-order valence-electron chi connectivity index (χ1n) is 35.9. The van der Waals surface area contributed by atoms with E-state index in [-0.39, 0.29) is 102 Å².